The van der Waals surface area contributed by atoms with Gasteiger partial charge in [-0.3, -0.25) is 4.79 Å². The summed E-state index contributed by atoms with van der Waals surface area (Å²) < 4.78 is 4.07. The minimum Gasteiger partial charge on any atom is -0.365 e. The van der Waals surface area contributed by atoms with Crippen molar-refractivity contribution in [2.24, 2.45) is 16.0 Å². The van der Waals surface area contributed by atoms with E-state index >= 15 is 0 Å². The van der Waals surface area contributed by atoms with Gasteiger partial charge in [0.05, 0.1) is 5.69 Å². The molecule has 3 N–H and O–H groups in total. The number of nitrogens with two attached hydrogens (primary N) is 1. The van der Waals surface area contributed by atoms with Crippen LogP contribution in [-0.4, -0.2) is 20.2 Å². The van der Waals surface area contributed by atoms with Crippen molar-refractivity contribution >= 4 is 28.3 Å². The highest BCUT2D eigenvalue weighted by molar-refractivity contribution is 7.10. The molecule has 0 radical (unpaired) electrons. The zero-order chi connectivity index (χ0) is 19.4. The number of amides is 1. The Kier molecular flexibility index (Phi) is 5.01. The SMILES string of the molecule is [C-]#[N+]C([N+]#[C-])c1nc(-c2ccccc2)c(/N=N/c2snc(C)c2C(N)=O)[nH]1. The lowest BCUT2D eigenvalue weighted by atomic mass is 10.1. The average molecular weight is 376 g/mol. The van der Waals surface area contributed by atoms with Gasteiger partial charge in [-0.25, -0.2) is 27.8 Å². The summed E-state index contributed by atoms with van der Waals surface area (Å²) in [5.74, 6) is -0.178. The number of nitrogens with zero attached hydrogens (tertiary/aromatic N) is 6. The molecule has 0 saturated heterocycles. The number of hydrogen-bond donors (Lipinski definition) is 2. The normalized spacial score (nSPS) is 10.8. The predicted octanol–water partition coefficient (Wildman–Crippen LogP) is 4.19. The van der Waals surface area contributed by atoms with Gasteiger partial charge < -0.3 is 10.7 Å². The van der Waals surface area contributed by atoms with Gasteiger partial charge in [0.2, 0.25) is 0 Å². The molecule has 9 nitrogen and oxygen atoms in total. The van der Waals surface area contributed by atoms with E-state index in [1.165, 1.54) is 0 Å². The second kappa shape index (κ2) is 7.56. The number of benzene rings is 1. The van der Waals surface area contributed by atoms with Gasteiger partial charge in [-0.15, -0.1) is 10.2 Å². The molecule has 3 aromatic rings. The first-order valence-electron chi connectivity index (χ1n) is 7.61. The highest BCUT2D eigenvalue weighted by Crippen LogP contribution is 2.34. The van der Waals surface area contributed by atoms with Crippen molar-refractivity contribution in [2.45, 2.75) is 13.1 Å². The van der Waals surface area contributed by atoms with Crippen molar-refractivity contribution in [1.82, 2.24) is 14.3 Å². The highest BCUT2D eigenvalue weighted by Gasteiger charge is 2.27. The topological polar surface area (TPSA) is 118 Å². The number of rotatable bonds is 5. The van der Waals surface area contributed by atoms with E-state index in [-0.39, 0.29) is 22.2 Å². The van der Waals surface area contributed by atoms with E-state index in [0.29, 0.717) is 11.4 Å². The van der Waals surface area contributed by atoms with Crippen LogP contribution in [0.1, 0.15) is 28.0 Å². The molecular formula is C17H12N8OS. The summed E-state index contributed by atoms with van der Waals surface area (Å²) in [6.07, 6.45) is -1.09. The number of carbonyl (C=O) groups is 1. The summed E-state index contributed by atoms with van der Waals surface area (Å²) in [5, 5.41) is 8.51. The maximum atomic E-state index is 11.6. The summed E-state index contributed by atoms with van der Waals surface area (Å²) in [5.41, 5.74) is 7.27. The molecule has 0 saturated carbocycles. The molecule has 0 aliphatic carbocycles. The molecular weight excluding hydrogens is 364 g/mol. The van der Waals surface area contributed by atoms with E-state index in [1.807, 2.05) is 30.3 Å². The Morgan fingerprint density at radius 3 is 2.59 bits per heavy atom. The van der Waals surface area contributed by atoms with Gasteiger partial charge in [0.1, 0.15) is 11.3 Å². The van der Waals surface area contributed by atoms with Gasteiger partial charge in [-0.2, -0.15) is 4.37 Å². The molecule has 132 valence electrons. The fourth-order valence-corrected chi connectivity index (χ4v) is 3.06. The van der Waals surface area contributed by atoms with Gasteiger partial charge in [0.25, 0.3) is 11.7 Å². The summed E-state index contributed by atoms with van der Waals surface area (Å²) >= 11 is 1.00. The first-order valence-corrected chi connectivity index (χ1v) is 8.38. The van der Waals surface area contributed by atoms with Crippen molar-refractivity contribution in [2.75, 3.05) is 0 Å². The Labute approximate surface area is 158 Å². The lowest BCUT2D eigenvalue weighted by Gasteiger charge is -1.97. The molecule has 10 heteroatoms. The number of hydrogen-bond acceptors (Lipinski definition) is 6. The first kappa shape index (κ1) is 17.9. The third kappa shape index (κ3) is 3.56. The number of H-pyrrole nitrogens is 1. The van der Waals surface area contributed by atoms with Gasteiger partial charge in [0, 0.05) is 5.56 Å². The fourth-order valence-electron chi connectivity index (χ4n) is 2.33. The van der Waals surface area contributed by atoms with Crippen LogP contribution in [0.2, 0.25) is 0 Å². The van der Waals surface area contributed by atoms with Crippen LogP contribution in [-0.2, 0) is 0 Å². The Hall–Kier alpha value is -3.89. The number of aromatic amines is 1. The van der Waals surface area contributed by atoms with E-state index in [2.05, 4.69) is 34.3 Å². The first-order chi connectivity index (χ1) is 13.0. The van der Waals surface area contributed by atoms with Crippen molar-refractivity contribution < 1.29 is 4.79 Å². The Morgan fingerprint density at radius 2 is 1.96 bits per heavy atom. The molecule has 0 aliphatic rings. The molecule has 27 heavy (non-hydrogen) atoms. The number of azo groups is 1. The Morgan fingerprint density at radius 1 is 1.26 bits per heavy atom. The number of carbonyl (C=O) groups excluding carboxylic acids is 1. The van der Waals surface area contributed by atoms with Crippen LogP contribution >= 0.6 is 11.5 Å². The molecule has 0 unspecified atom stereocenters. The third-order valence-electron chi connectivity index (χ3n) is 3.57. The smallest absolute Gasteiger partial charge is 0.365 e. The van der Waals surface area contributed by atoms with E-state index < -0.39 is 12.1 Å². The van der Waals surface area contributed by atoms with Crippen LogP contribution in [0.15, 0.2) is 40.6 Å². The number of imidazole rings is 1. The lowest BCUT2D eigenvalue weighted by molar-refractivity contribution is 0.100. The van der Waals surface area contributed by atoms with Crippen LogP contribution in [0.3, 0.4) is 0 Å². The van der Waals surface area contributed by atoms with Gasteiger partial charge in [-0.1, -0.05) is 30.3 Å². The molecule has 0 fully saturated rings. The van der Waals surface area contributed by atoms with Crippen molar-refractivity contribution in [3.05, 3.63) is 70.2 Å². The zero-order valence-corrected chi connectivity index (χ0v) is 14.9. The highest BCUT2D eigenvalue weighted by atomic mass is 32.1. The van der Waals surface area contributed by atoms with Gasteiger partial charge in [0.15, 0.2) is 10.8 Å². The van der Waals surface area contributed by atoms with Gasteiger partial charge >= 0.3 is 6.17 Å². The van der Waals surface area contributed by atoms with Crippen molar-refractivity contribution in [1.29, 1.82) is 0 Å². The second-order valence-corrected chi connectivity index (χ2v) is 6.08. The van der Waals surface area contributed by atoms with E-state index in [0.717, 1.165) is 17.1 Å². The zero-order valence-electron chi connectivity index (χ0n) is 14.0. The van der Waals surface area contributed by atoms with E-state index in [4.69, 9.17) is 18.9 Å². The molecule has 2 heterocycles. The molecule has 1 aromatic carbocycles. The number of aromatic nitrogens is 3. The molecule has 3 rings (SSSR count). The number of primary amides is 1. The van der Waals surface area contributed by atoms with Crippen LogP contribution in [0.5, 0.6) is 0 Å². The maximum Gasteiger partial charge on any atom is 0.534 e. The number of aryl methyl sites for hydroxylation is 1. The maximum absolute atomic E-state index is 11.6. The summed E-state index contributed by atoms with van der Waals surface area (Å²) in [6.45, 7) is 15.9. The van der Waals surface area contributed by atoms with Crippen LogP contribution in [0, 0.1) is 20.1 Å². The third-order valence-corrected chi connectivity index (χ3v) is 4.40. The summed E-state index contributed by atoms with van der Waals surface area (Å²) in [7, 11) is 0. The fraction of sp³-hybridized carbons (Fsp3) is 0.118. The quantitative estimate of drug-likeness (QED) is 0.513. The lowest BCUT2D eigenvalue weighted by Crippen LogP contribution is -2.11. The van der Waals surface area contributed by atoms with E-state index in [9.17, 15) is 4.79 Å². The summed E-state index contributed by atoms with van der Waals surface area (Å²) in [4.78, 5) is 25.3. The second-order valence-electron chi connectivity index (χ2n) is 5.33. The molecule has 2 aromatic heterocycles. The summed E-state index contributed by atoms with van der Waals surface area (Å²) in [6, 6.07) is 9.19. The molecule has 0 aliphatic heterocycles. The van der Waals surface area contributed by atoms with Crippen LogP contribution in [0.4, 0.5) is 10.8 Å². The van der Waals surface area contributed by atoms with Gasteiger partial charge in [-0.05, 0) is 18.5 Å². The monoisotopic (exact) mass is 376 g/mol. The molecule has 1 amide bonds. The number of nitrogens with one attached hydrogen (secondary N) is 1. The Balaban J connectivity index is 2.08. The molecule has 0 atom stereocenters. The minimum absolute atomic E-state index is 0.184. The van der Waals surface area contributed by atoms with Crippen LogP contribution in [0.25, 0.3) is 20.9 Å². The Bertz CT molecular complexity index is 1090. The largest absolute Gasteiger partial charge is 0.534 e. The van der Waals surface area contributed by atoms with Crippen molar-refractivity contribution in [3.8, 4) is 11.3 Å². The minimum atomic E-state index is -1.09. The van der Waals surface area contributed by atoms with E-state index in [1.54, 1.807) is 6.92 Å². The predicted molar refractivity (Wildman–Crippen MR) is 99.5 cm³/mol. The standard InChI is InChI=1S/C17H12N8OS/c1-9-11(13(18)26)17(27-25-9)24-23-14-12(10-7-5-4-6-8-10)21-16(22-14)15(19-2)20-3/h4-8,15H,1H3,(H2,18,26)(H,21,22)/b24-23+. The van der Waals surface area contributed by atoms with Crippen molar-refractivity contribution in [3.63, 3.8) is 0 Å². The molecule has 0 bridgehead atoms. The van der Waals surface area contributed by atoms with Crippen LogP contribution < -0.4 is 5.73 Å². The average Bonchev–Trinajstić information content (AvgIpc) is 3.25. The molecule has 0 spiro atoms.